The lowest BCUT2D eigenvalue weighted by molar-refractivity contribution is 0.276. The molecule has 2 aromatic rings. The molecule has 4 N–H and O–H groups in total. The zero-order chi connectivity index (χ0) is 17.6. The van der Waals surface area contributed by atoms with Crippen LogP contribution in [-0.4, -0.2) is 32.3 Å². The van der Waals surface area contributed by atoms with Gasteiger partial charge in [0.05, 0.1) is 5.52 Å². The van der Waals surface area contributed by atoms with Crippen LogP contribution in [0.4, 0.5) is 11.8 Å². The van der Waals surface area contributed by atoms with Crippen molar-refractivity contribution in [2.24, 2.45) is 5.92 Å². The highest BCUT2D eigenvalue weighted by atomic mass is 16.3. The van der Waals surface area contributed by atoms with Crippen LogP contribution in [0.15, 0.2) is 12.3 Å². The maximum absolute atomic E-state index is 9.34. The average Bonchev–Trinajstić information content (AvgIpc) is 2.99. The van der Waals surface area contributed by atoms with Crippen LogP contribution in [-0.2, 0) is 6.54 Å². The zero-order valence-electron chi connectivity index (χ0n) is 15.2. The minimum atomic E-state index is 0.171. The van der Waals surface area contributed by atoms with Crippen molar-refractivity contribution in [1.82, 2.24) is 14.5 Å². The van der Waals surface area contributed by atoms with Gasteiger partial charge in [0.2, 0.25) is 5.95 Å². The third kappa shape index (κ3) is 4.42. The highest BCUT2D eigenvalue weighted by Gasteiger charge is 2.19. The fourth-order valence-electron chi connectivity index (χ4n) is 4.01. The predicted molar refractivity (Wildman–Crippen MR) is 103 cm³/mol. The standard InChI is InChI=1S/C19H31N5O/c1-2-6-15(10-12-25)21-18-17-16(22-19(20)23-18)9-11-24(17)13-14-7-4-3-5-8-14/h9,11,14-15,25H,2-8,10,12-13H2,1H3,(H3,20,21,22,23). The Morgan fingerprint density at radius 1 is 1.28 bits per heavy atom. The molecule has 1 aliphatic carbocycles. The lowest BCUT2D eigenvalue weighted by Crippen LogP contribution is -2.23. The average molecular weight is 345 g/mol. The van der Waals surface area contributed by atoms with E-state index in [4.69, 9.17) is 5.73 Å². The topological polar surface area (TPSA) is 89.0 Å². The summed E-state index contributed by atoms with van der Waals surface area (Å²) in [5.41, 5.74) is 7.86. The molecule has 1 saturated carbocycles. The van der Waals surface area contributed by atoms with Crippen LogP contribution in [0, 0.1) is 5.92 Å². The maximum Gasteiger partial charge on any atom is 0.222 e. The number of hydrogen-bond donors (Lipinski definition) is 3. The molecule has 2 aromatic heterocycles. The zero-order valence-corrected chi connectivity index (χ0v) is 15.2. The normalized spacial score (nSPS) is 17.0. The summed E-state index contributed by atoms with van der Waals surface area (Å²) >= 11 is 0. The largest absolute Gasteiger partial charge is 0.396 e. The summed E-state index contributed by atoms with van der Waals surface area (Å²) in [6.07, 6.45) is 11.5. The Balaban J connectivity index is 1.88. The Morgan fingerprint density at radius 3 is 2.80 bits per heavy atom. The Kier molecular flexibility index (Phi) is 6.13. The molecule has 0 spiro atoms. The molecule has 0 saturated heterocycles. The number of aliphatic hydroxyl groups excluding tert-OH is 1. The van der Waals surface area contributed by atoms with Crippen LogP contribution in [0.3, 0.4) is 0 Å². The molecule has 1 atom stereocenters. The van der Waals surface area contributed by atoms with Crippen LogP contribution >= 0.6 is 0 Å². The first-order chi connectivity index (χ1) is 12.2. The third-order valence-electron chi connectivity index (χ3n) is 5.26. The second-order valence-electron chi connectivity index (χ2n) is 7.28. The molecule has 1 aliphatic rings. The highest BCUT2D eigenvalue weighted by Crippen LogP contribution is 2.29. The number of aromatic nitrogens is 3. The molecule has 138 valence electrons. The van der Waals surface area contributed by atoms with E-state index in [2.05, 4.69) is 33.0 Å². The number of nitrogen functional groups attached to an aromatic ring is 1. The van der Waals surface area contributed by atoms with Crippen molar-refractivity contribution >= 4 is 22.8 Å². The van der Waals surface area contributed by atoms with E-state index in [1.54, 1.807) is 0 Å². The van der Waals surface area contributed by atoms with Crippen LogP contribution in [0.5, 0.6) is 0 Å². The second-order valence-corrected chi connectivity index (χ2v) is 7.28. The van der Waals surface area contributed by atoms with Gasteiger partial charge < -0.3 is 20.7 Å². The molecule has 3 rings (SSSR count). The molecule has 0 aliphatic heterocycles. The highest BCUT2D eigenvalue weighted by molar-refractivity contribution is 5.87. The summed E-state index contributed by atoms with van der Waals surface area (Å²) < 4.78 is 2.29. The minimum absolute atomic E-state index is 0.171. The SMILES string of the molecule is CCCC(CCO)Nc1nc(N)nc2ccn(CC3CCCCC3)c12. The fourth-order valence-corrected chi connectivity index (χ4v) is 4.01. The van der Waals surface area contributed by atoms with E-state index >= 15 is 0 Å². The number of hydrogen-bond acceptors (Lipinski definition) is 5. The van der Waals surface area contributed by atoms with Crippen LogP contribution in [0.25, 0.3) is 11.0 Å². The van der Waals surface area contributed by atoms with Gasteiger partial charge in [0.25, 0.3) is 0 Å². The number of fused-ring (bicyclic) bond motifs is 1. The number of nitrogens with two attached hydrogens (primary N) is 1. The monoisotopic (exact) mass is 345 g/mol. The lowest BCUT2D eigenvalue weighted by Gasteiger charge is -2.23. The minimum Gasteiger partial charge on any atom is -0.396 e. The molecule has 6 nitrogen and oxygen atoms in total. The number of anilines is 2. The van der Waals surface area contributed by atoms with Crippen molar-refractivity contribution in [3.63, 3.8) is 0 Å². The molecule has 25 heavy (non-hydrogen) atoms. The van der Waals surface area contributed by atoms with Crippen molar-refractivity contribution in [2.75, 3.05) is 17.7 Å². The van der Waals surface area contributed by atoms with Gasteiger partial charge in [-0.3, -0.25) is 0 Å². The van der Waals surface area contributed by atoms with E-state index in [-0.39, 0.29) is 12.6 Å². The van der Waals surface area contributed by atoms with Crippen molar-refractivity contribution in [1.29, 1.82) is 0 Å². The Bertz CT molecular complexity index is 672. The number of nitrogens with one attached hydrogen (secondary N) is 1. The number of rotatable bonds is 8. The van der Waals surface area contributed by atoms with Gasteiger partial charge in [-0.15, -0.1) is 0 Å². The summed E-state index contributed by atoms with van der Waals surface area (Å²) in [7, 11) is 0. The second kappa shape index (κ2) is 8.52. The first-order valence-corrected chi connectivity index (χ1v) is 9.71. The van der Waals surface area contributed by atoms with E-state index < -0.39 is 0 Å². The Hall–Kier alpha value is -1.82. The van der Waals surface area contributed by atoms with Crippen molar-refractivity contribution in [3.05, 3.63) is 12.3 Å². The summed E-state index contributed by atoms with van der Waals surface area (Å²) in [6, 6.07) is 2.23. The van der Waals surface area contributed by atoms with Gasteiger partial charge in [0.1, 0.15) is 5.52 Å². The van der Waals surface area contributed by atoms with Crippen molar-refractivity contribution < 1.29 is 5.11 Å². The Labute approximate surface area is 149 Å². The van der Waals surface area contributed by atoms with Gasteiger partial charge in [0, 0.05) is 25.4 Å². The van der Waals surface area contributed by atoms with Gasteiger partial charge in [0.15, 0.2) is 5.82 Å². The van der Waals surface area contributed by atoms with Gasteiger partial charge in [-0.1, -0.05) is 32.6 Å². The number of aliphatic hydroxyl groups is 1. The number of nitrogens with zero attached hydrogens (tertiary/aromatic N) is 3. The van der Waals surface area contributed by atoms with E-state index in [9.17, 15) is 5.11 Å². The molecule has 0 bridgehead atoms. The van der Waals surface area contributed by atoms with Gasteiger partial charge >= 0.3 is 0 Å². The van der Waals surface area contributed by atoms with E-state index in [0.717, 1.165) is 42.2 Å². The lowest BCUT2D eigenvalue weighted by atomic mass is 9.89. The molecule has 0 amide bonds. The molecule has 1 unspecified atom stereocenters. The van der Waals surface area contributed by atoms with Gasteiger partial charge in [-0.25, -0.2) is 4.98 Å². The quantitative estimate of drug-likeness (QED) is 0.681. The van der Waals surface area contributed by atoms with E-state index in [1.807, 2.05) is 6.07 Å². The van der Waals surface area contributed by atoms with Gasteiger partial charge in [-0.05, 0) is 37.7 Å². The molecule has 0 aromatic carbocycles. The van der Waals surface area contributed by atoms with E-state index in [1.165, 1.54) is 32.1 Å². The van der Waals surface area contributed by atoms with Crippen LogP contribution < -0.4 is 11.1 Å². The summed E-state index contributed by atoms with van der Waals surface area (Å²) in [6.45, 7) is 3.34. The fraction of sp³-hybridized carbons (Fsp3) is 0.684. The Morgan fingerprint density at radius 2 is 2.08 bits per heavy atom. The molecule has 2 heterocycles. The first kappa shape index (κ1) is 18.0. The maximum atomic E-state index is 9.34. The van der Waals surface area contributed by atoms with Crippen LogP contribution in [0.1, 0.15) is 58.3 Å². The van der Waals surface area contributed by atoms with E-state index in [0.29, 0.717) is 12.4 Å². The molecular weight excluding hydrogens is 314 g/mol. The smallest absolute Gasteiger partial charge is 0.222 e. The molecule has 6 heteroatoms. The predicted octanol–water partition coefficient (Wildman–Crippen LogP) is 3.56. The van der Waals surface area contributed by atoms with Crippen molar-refractivity contribution in [2.45, 2.75) is 70.9 Å². The summed E-state index contributed by atoms with van der Waals surface area (Å²) in [5, 5.41) is 12.9. The van der Waals surface area contributed by atoms with Crippen molar-refractivity contribution in [3.8, 4) is 0 Å². The molecule has 0 radical (unpaired) electrons. The van der Waals surface area contributed by atoms with Gasteiger partial charge in [-0.2, -0.15) is 4.98 Å². The molecular formula is C19H31N5O. The summed E-state index contributed by atoms with van der Waals surface area (Å²) in [4.78, 5) is 8.89. The van der Waals surface area contributed by atoms with Crippen LogP contribution in [0.2, 0.25) is 0 Å². The molecule has 1 fully saturated rings. The first-order valence-electron chi connectivity index (χ1n) is 9.71. The summed E-state index contributed by atoms with van der Waals surface area (Å²) in [5.74, 6) is 1.83. The third-order valence-corrected chi connectivity index (χ3v) is 5.26.